The van der Waals surface area contributed by atoms with Crippen LogP contribution in [0.3, 0.4) is 0 Å². The van der Waals surface area contributed by atoms with Gasteiger partial charge in [-0.3, -0.25) is 0 Å². The first kappa shape index (κ1) is 16.8. The number of rotatable bonds is 3. The first-order valence-corrected chi connectivity index (χ1v) is 9.47. The Bertz CT molecular complexity index is 687. The molecule has 1 aliphatic heterocycles. The zero-order valence-electron chi connectivity index (χ0n) is 15.1. The Labute approximate surface area is 150 Å². The Balaban J connectivity index is 1.66. The van der Waals surface area contributed by atoms with Crippen LogP contribution in [0, 0.1) is 0 Å². The summed E-state index contributed by atoms with van der Waals surface area (Å²) in [6.07, 6.45) is 2.76. The highest BCUT2D eigenvalue weighted by Gasteiger charge is 2.37. The van der Waals surface area contributed by atoms with Gasteiger partial charge in [0, 0.05) is 32.7 Å². The molecule has 2 aromatic rings. The van der Waals surface area contributed by atoms with Gasteiger partial charge in [0.2, 0.25) is 0 Å². The number of fused-ring (bicyclic) bond motifs is 2. The second-order valence-corrected chi connectivity index (χ2v) is 7.57. The number of piperazine rings is 1. The van der Waals surface area contributed by atoms with Gasteiger partial charge in [0.05, 0.1) is 0 Å². The number of aryl methyl sites for hydroxylation is 2. The van der Waals surface area contributed by atoms with Gasteiger partial charge in [0.1, 0.15) is 5.60 Å². The molecule has 0 atom stereocenters. The van der Waals surface area contributed by atoms with Crippen LogP contribution in [0.5, 0.6) is 0 Å². The minimum absolute atomic E-state index is 0.755. The molecule has 2 aliphatic rings. The monoisotopic (exact) mass is 336 g/mol. The van der Waals surface area contributed by atoms with Gasteiger partial charge in [0.25, 0.3) is 0 Å². The van der Waals surface area contributed by atoms with Gasteiger partial charge in [-0.25, -0.2) is 0 Å². The van der Waals surface area contributed by atoms with Crippen LogP contribution in [0.4, 0.5) is 0 Å². The molecule has 0 spiro atoms. The fourth-order valence-electron chi connectivity index (χ4n) is 4.36. The van der Waals surface area contributed by atoms with Crippen molar-refractivity contribution in [3.63, 3.8) is 0 Å². The van der Waals surface area contributed by atoms with Gasteiger partial charge in [-0.15, -0.1) is 0 Å². The normalized spacial score (nSPS) is 20.6. The van der Waals surface area contributed by atoms with E-state index in [2.05, 4.69) is 65.4 Å². The van der Waals surface area contributed by atoms with E-state index in [1.807, 2.05) is 0 Å². The molecule has 4 rings (SSSR count). The maximum absolute atomic E-state index is 11.9. The van der Waals surface area contributed by atoms with E-state index in [4.69, 9.17) is 0 Å². The highest BCUT2D eigenvalue weighted by Crippen LogP contribution is 2.40. The van der Waals surface area contributed by atoms with E-state index in [1.54, 1.807) is 0 Å². The molecule has 1 fully saturated rings. The van der Waals surface area contributed by atoms with Crippen molar-refractivity contribution in [3.05, 3.63) is 70.8 Å². The van der Waals surface area contributed by atoms with Crippen LogP contribution in [0.2, 0.25) is 0 Å². The minimum Gasteiger partial charge on any atom is -0.380 e. The van der Waals surface area contributed by atoms with Crippen LogP contribution < -0.4 is 0 Å². The number of hydrogen-bond acceptors (Lipinski definition) is 3. The second-order valence-electron chi connectivity index (χ2n) is 7.57. The minimum atomic E-state index is -0.882. The molecule has 0 unspecified atom stereocenters. The van der Waals surface area contributed by atoms with Crippen molar-refractivity contribution in [3.8, 4) is 0 Å². The number of aliphatic hydroxyl groups is 1. The van der Waals surface area contributed by atoms with Gasteiger partial charge in [0.15, 0.2) is 0 Å². The quantitative estimate of drug-likeness (QED) is 0.933. The predicted molar refractivity (Wildman–Crippen MR) is 102 cm³/mol. The second kappa shape index (κ2) is 6.91. The molecular weight excluding hydrogens is 308 g/mol. The van der Waals surface area contributed by atoms with Gasteiger partial charge in [-0.1, -0.05) is 48.5 Å². The van der Waals surface area contributed by atoms with E-state index >= 15 is 0 Å². The highest BCUT2D eigenvalue weighted by atomic mass is 16.3. The maximum atomic E-state index is 11.9. The third-order valence-corrected chi connectivity index (χ3v) is 5.98. The summed E-state index contributed by atoms with van der Waals surface area (Å²) in [4.78, 5) is 4.87. The van der Waals surface area contributed by atoms with E-state index in [-0.39, 0.29) is 0 Å². The molecule has 25 heavy (non-hydrogen) atoms. The Morgan fingerprint density at radius 3 is 1.92 bits per heavy atom. The zero-order chi connectivity index (χ0) is 17.3. The number of likely N-dealkylation sites (N-methyl/N-ethyl adjacent to an activating group) is 1. The first-order chi connectivity index (χ1) is 12.2. The molecule has 1 N–H and O–H groups in total. The molecule has 0 aromatic heterocycles. The summed E-state index contributed by atoms with van der Waals surface area (Å²) in [6.45, 7) is 5.36. The standard InChI is InChI=1S/C22H28N2O/c1-23-14-16-24(17-15-23)13-12-22(25)20-8-4-2-6-18(20)10-11-19-7-3-5-9-21(19)22/h2-9,25H,10-17H2,1H3. The van der Waals surface area contributed by atoms with E-state index in [0.29, 0.717) is 0 Å². The molecule has 1 aliphatic carbocycles. The van der Waals surface area contributed by atoms with Crippen molar-refractivity contribution in [2.45, 2.75) is 24.9 Å². The Morgan fingerprint density at radius 2 is 1.36 bits per heavy atom. The average molecular weight is 336 g/mol. The lowest BCUT2D eigenvalue weighted by atomic mass is 9.81. The number of nitrogens with zero attached hydrogens (tertiary/aromatic N) is 2. The summed E-state index contributed by atoms with van der Waals surface area (Å²) in [7, 11) is 2.18. The molecule has 2 aromatic carbocycles. The van der Waals surface area contributed by atoms with Crippen molar-refractivity contribution >= 4 is 0 Å². The molecule has 3 nitrogen and oxygen atoms in total. The molecule has 0 amide bonds. The SMILES string of the molecule is CN1CCN(CCC2(O)c3ccccc3CCc3ccccc32)CC1. The summed E-state index contributed by atoms with van der Waals surface area (Å²) < 4.78 is 0. The van der Waals surface area contributed by atoms with Crippen LogP contribution in [-0.4, -0.2) is 54.7 Å². The van der Waals surface area contributed by atoms with Crippen molar-refractivity contribution in [1.82, 2.24) is 9.80 Å². The largest absolute Gasteiger partial charge is 0.380 e. The van der Waals surface area contributed by atoms with Crippen LogP contribution >= 0.6 is 0 Å². The van der Waals surface area contributed by atoms with Gasteiger partial charge in [-0.05, 0) is 48.6 Å². The van der Waals surface area contributed by atoms with Crippen molar-refractivity contribution in [2.24, 2.45) is 0 Å². The lowest BCUT2D eigenvalue weighted by Gasteiger charge is -2.36. The molecule has 0 saturated carbocycles. The summed E-state index contributed by atoms with van der Waals surface area (Å²) in [5.74, 6) is 0. The Kier molecular flexibility index (Phi) is 4.63. The summed E-state index contributed by atoms with van der Waals surface area (Å²) in [5, 5.41) is 11.9. The van der Waals surface area contributed by atoms with Crippen molar-refractivity contribution < 1.29 is 5.11 Å². The van der Waals surface area contributed by atoms with Crippen molar-refractivity contribution in [2.75, 3.05) is 39.8 Å². The van der Waals surface area contributed by atoms with Crippen molar-refractivity contribution in [1.29, 1.82) is 0 Å². The summed E-state index contributed by atoms with van der Waals surface area (Å²) >= 11 is 0. The molecule has 0 radical (unpaired) electrons. The lowest BCUT2D eigenvalue weighted by molar-refractivity contribution is 0.0489. The van der Waals surface area contributed by atoms with E-state index in [0.717, 1.165) is 63.1 Å². The molecule has 1 heterocycles. The number of benzene rings is 2. The Hall–Kier alpha value is -1.68. The van der Waals surface area contributed by atoms with Crippen LogP contribution in [0.15, 0.2) is 48.5 Å². The van der Waals surface area contributed by atoms with Crippen LogP contribution in [0.25, 0.3) is 0 Å². The van der Waals surface area contributed by atoms with Crippen LogP contribution in [-0.2, 0) is 18.4 Å². The van der Waals surface area contributed by atoms with E-state index in [9.17, 15) is 5.11 Å². The molecule has 0 bridgehead atoms. The third kappa shape index (κ3) is 3.24. The average Bonchev–Trinajstić information content (AvgIpc) is 2.78. The van der Waals surface area contributed by atoms with E-state index < -0.39 is 5.60 Å². The molecule has 1 saturated heterocycles. The molecule has 132 valence electrons. The molecule has 3 heteroatoms. The number of hydrogen-bond donors (Lipinski definition) is 1. The molecular formula is C22H28N2O. The third-order valence-electron chi connectivity index (χ3n) is 5.98. The summed E-state index contributed by atoms with van der Waals surface area (Å²) in [6, 6.07) is 16.9. The van der Waals surface area contributed by atoms with Gasteiger partial charge < -0.3 is 14.9 Å². The summed E-state index contributed by atoms with van der Waals surface area (Å²) in [5.41, 5.74) is 3.91. The topological polar surface area (TPSA) is 26.7 Å². The fourth-order valence-corrected chi connectivity index (χ4v) is 4.36. The Morgan fingerprint density at radius 1 is 0.840 bits per heavy atom. The fraction of sp³-hybridized carbons (Fsp3) is 0.455. The first-order valence-electron chi connectivity index (χ1n) is 9.47. The lowest BCUT2D eigenvalue weighted by Crippen LogP contribution is -2.46. The highest BCUT2D eigenvalue weighted by molar-refractivity contribution is 5.47. The smallest absolute Gasteiger partial charge is 0.116 e. The van der Waals surface area contributed by atoms with Crippen LogP contribution in [0.1, 0.15) is 28.7 Å². The van der Waals surface area contributed by atoms with E-state index in [1.165, 1.54) is 11.1 Å². The predicted octanol–water partition coefficient (Wildman–Crippen LogP) is 2.66. The van der Waals surface area contributed by atoms with Gasteiger partial charge >= 0.3 is 0 Å². The maximum Gasteiger partial charge on any atom is 0.116 e. The van der Waals surface area contributed by atoms with Gasteiger partial charge in [-0.2, -0.15) is 0 Å². The zero-order valence-corrected chi connectivity index (χ0v) is 15.1.